The zero-order chi connectivity index (χ0) is 21.4. The third kappa shape index (κ3) is 3.70. The first kappa shape index (κ1) is 19.8. The van der Waals surface area contributed by atoms with Gasteiger partial charge in [0.1, 0.15) is 5.75 Å². The van der Waals surface area contributed by atoms with Gasteiger partial charge in [-0.05, 0) is 54.3 Å². The largest absolute Gasteiger partial charge is 0.479 e. The summed E-state index contributed by atoms with van der Waals surface area (Å²) in [5, 5.41) is 5.58. The van der Waals surface area contributed by atoms with Gasteiger partial charge in [-0.15, -0.1) is 11.3 Å². The molecule has 1 aliphatic rings. The lowest BCUT2D eigenvalue weighted by atomic mass is 10.0. The molecule has 0 spiro atoms. The Bertz CT molecular complexity index is 1260. The predicted molar refractivity (Wildman–Crippen MR) is 127 cm³/mol. The molecule has 0 saturated carbocycles. The number of benzene rings is 3. The molecular weight excluding hydrogens is 404 g/mol. The van der Waals surface area contributed by atoms with Crippen LogP contribution in [0.4, 0.5) is 5.69 Å². The van der Waals surface area contributed by atoms with Crippen LogP contribution in [0.3, 0.4) is 0 Å². The van der Waals surface area contributed by atoms with Crippen LogP contribution >= 0.6 is 11.3 Å². The molecule has 5 heteroatoms. The SMILES string of the molecule is CCCc1nc(-c2ccc3c(c2)N(Cc2cccc4ccccc24)C(=O)C(C)O3)cs1. The van der Waals surface area contributed by atoms with E-state index in [-0.39, 0.29) is 5.91 Å². The van der Waals surface area contributed by atoms with Crippen LogP contribution in [0, 0.1) is 0 Å². The smallest absolute Gasteiger partial charge is 0.268 e. The summed E-state index contributed by atoms with van der Waals surface area (Å²) >= 11 is 1.69. The standard InChI is InChI=1S/C26H24N2O2S/c1-3-7-25-27-22(16-31-25)19-12-13-24-23(14-19)28(26(29)17(2)30-24)15-20-10-6-9-18-8-4-5-11-21(18)20/h4-6,8-14,16-17H,3,7,15H2,1-2H3. The number of anilines is 1. The van der Waals surface area contributed by atoms with E-state index in [1.165, 1.54) is 10.8 Å². The molecule has 0 bridgehead atoms. The van der Waals surface area contributed by atoms with Gasteiger partial charge in [-0.25, -0.2) is 4.98 Å². The van der Waals surface area contributed by atoms with Crippen molar-refractivity contribution >= 4 is 33.7 Å². The Morgan fingerprint density at radius 1 is 1.10 bits per heavy atom. The number of hydrogen-bond acceptors (Lipinski definition) is 4. The van der Waals surface area contributed by atoms with Gasteiger partial charge in [-0.3, -0.25) is 4.79 Å². The lowest BCUT2D eigenvalue weighted by Gasteiger charge is -2.33. The Hall–Kier alpha value is -3.18. The fraction of sp³-hybridized carbons (Fsp3) is 0.231. The summed E-state index contributed by atoms with van der Waals surface area (Å²) in [6.07, 6.45) is 1.56. The number of aromatic nitrogens is 1. The van der Waals surface area contributed by atoms with Crippen LogP contribution in [0.5, 0.6) is 5.75 Å². The van der Waals surface area contributed by atoms with Gasteiger partial charge in [0.15, 0.2) is 6.10 Å². The average Bonchev–Trinajstić information content (AvgIpc) is 3.26. The van der Waals surface area contributed by atoms with E-state index in [0.29, 0.717) is 6.54 Å². The first-order valence-corrected chi connectivity index (χ1v) is 11.6. The molecule has 0 aliphatic carbocycles. The molecular formula is C26H24N2O2S. The number of hydrogen-bond donors (Lipinski definition) is 0. The molecule has 0 fully saturated rings. The average molecular weight is 429 g/mol. The summed E-state index contributed by atoms with van der Waals surface area (Å²) < 4.78 is 5.93. The molecule has 1 unspecified atom stereocenters. The summed E-state index contributed by atoms with van der Waals surface area (Å²) in [4.78, 5) is 19.8. The Balaban J connectivity index is 1.56. The summed E-state index contributed by atoms with van der Waals surface area (Å²) in [7, 11) is 0. The van der Waals surface area contributed by atoms with Crippen molar-refractivity contribution in [3.63, 3.8) is 0 Å². The van der Waals surface area contributed by atoms with Crippen LogP contribution in [0.25, 0.3) is 22.0 Å². The van der Waals surface area contributed by atoms with Crippen LogP contribution in [0.1, 0.15) is 30.8 Å². The third-order valence-electron chi connectivity index (χ3n) is 5.69. The highest BCUT2D eigenvalue weighted by Gasteiger charge is 2.32. The summed E-state index contributed by atoms with van der Waals surface area (Å²) in [5.74, 6) is 0.711. The quantitative estimate of drug-likeness (QED) is 0.378. The van der Waals surface area contributed by atoms with Gasteiger partial charge in [0.05, 0.1) is 22.9 Å². The van der Waals surface area contributed by atoms with Crippen molar-refractivity contribution < 1.29 is 9.53 Å². The number of rotatable bonds is 5. The summed E-state index contributed by atoms with van der Waals surface area (Å²) in [6.45, 7) is 4.48. The van der Waals surface area contributed by atoms with E-state index >= 15 is 0 Å². The molecule has 0 N–H and O–H groups in total. The van der Waals surface area contributed by atoms with Crippen molar-refractivity contribution in [2.75, 3.05) is 4.90 Å². The normalized spacial score (nSPS) is 15.7. The van der Waals surface area contributed by atoms with Crippen LogP contribution in [-0.2, 0) is 17.8 Å². The highest BCUT2D eigenvalue weighted by molar-refractivity contribution is 7.09. The van der Waals surface area contributed by atoms with Crippen LogP contribution in [-0.4, -0.2) is 17.0 Å². The minimum atomic E-state index is -0.510. The van der Waals surface area contributed by atoms with Gasteiger partial charge in [-0.1, -0.05) is 49.4 Å². The Kier molecular flexibility index (Phi) is 5.20. The molecule has 1 aliphatic heterocycles. The topological polar surface area (TPSA) is 42.4 Å². The molecule has 1 aromatic heterocycles. The van der Waals surface area contributed by atoms with E-state index in [1.54, 1.807) is 11.3 Å². The lowest BCUT2D eigenvalue weighted by molar-refractivity contribution is -0.125. The Morgan fingerprint density at radius 3 is 2.81 bits per heavy atom. The van der Waals surface area contributed by atoms with Crippen LogP contribution < -0.4 is 9.64 Å². The summed E-state index contributed by atoms with van der Waals surface area (Å²) in [6, 6.07) is 20.6. The van der Waals surface area contributed by atoms with Crippen molar-refractivity contribution in [2.45, 2.75) is 39.3 Å². The van der Waals surface area contributed by atoms with Gasteiger partial charge in [-0.2, -0.15) is 0 Å². The second-order valence-electron chi connectivity index (χ2n) is 7.88. The van der Waals surface area contributed by atoms with Gasteiger partial charge < -0.3 is 9.64 Å². The minimum Gasteiger partial charge on any atom is -0.479 e. The van der Waals surface area contributed by atoms with Crippen molar-refractivity contribution in [3.05, 3.63) is 76.6 Å². The van der Waals surface area contributed by atoms with Gasteiger partial charge >= 0.3 is 0 Å². The van der Waals surface area contributed by atoms with Crippen LogP contribution in [0.15, 0.2) is 66.0 Å². The maximum absolute atomic E-state index is 13.2. The number of thiazole rings is 1. The van der Waals surface area contributed by atoms with Gasteiger partial charge in [0, 0.05) is 10.9 Å². The van der Waals surface area contributed by atoms with E-state index in [1.807, 2.05) is 48.2 Å². The maximum atomic E-state index is 13.2. The second kappa shape index (κ2) is 8.16. The molecule has 2 heterocycles. The number of ether oxygens (including phenoxy) is 1. The molecule has 5 rings (SSSR count). The number of aryl methyl sites for hydroxylation is 1. The zero-order valence-corrected chi connectivity index (χ0v) is 18.5. The second-order valence-corrected chi connectivity index (χ2v) is 8.82. The zero-order valence-electron chi connectivity index (χ0n) is 17.7. The summed E-state index contributed by atoms with van der Waals surface area (Å²) in [5.41, 5.74) is 3.88. The fourth-order valence-corrected chi connectivity index (χ4v) is 5.01. The molecule has 156 valence electrons. The third-order valence-corrected chi connectivity index (χ3v) is 6.60. The molecule has 0 radical (unpaired) electrons. The van der Waals surface area contributed by atoms with Gasteiger partial charge in [0.25, 0.3) is 5.91 Å². The first-order chi connectivity index (χ1) is 15.1. The fourth-order valence-electron chi connectivity index (χ4n) is 4.10. The number of fused-ring (bicyclic) bond motifs is 2. The molecule has 0 saturated heterocycles. The van der Waals surface area contributed by atoms with Crippen LogP contribution in [0.2, 0.25) is 0 Å². The highest BCUT2D eigenvalue weighted by atomic mass is 32.1. The Labute approximate surface area is 186 Å². The van der Waals surface area contributed by atoms with E-state index in [9.17, 15) is 4.79 Å². The monoisotopic (exact) mass is 428 g/mol. The lowest BCUT2D eigenvalue weighted by Crippen LogP contribution is -2.44. The molecule has 1 amide bonds. The van der Waals surface area contributed by atoms with Crippen molar-refractivity contribution in [1.29, 1.82) is 0 Å². The number of nitrogens with zero attached hydrogens (tertiary/aromatic N) is 2. The van der Waals surface area contributed by atoms with E-state index < -0.39 is 6.10 Å². The number of carbonyl (C=O) groups excluding carboxylic acids is 1. The predicted octanol–water partition coefficient (Wildman–Crippen LogP) is 6.23. The van der Waals surface area contributed by atoms with E-state index in [0.717, 1.165) is 46.1 Å². The first-order valence-electron chi connectivity index (χ1n) is 10.7. The Morgan fingerprint density at radius 2 is 1.94 bits per heavy atom. The minimum absolute atomic E-state index is 0.0254. The molecule has 1 atom stereocenters. The molecule has 31 heavy (non-hydrogen) atoms. The van der Waals surface area contributed by atoms with E-state index in [2.05, 4.69) is 36.6 Å². The van der Waals surface area contributed by atoms with E-state index in [4.69, 9.17) is 9.72 Å². The van der Waals surface area contributed by atoms with Crippen molar-refractivity contribution in [1.82, 2.24) is 4.98 Å². The van der Waals surface area contributed by atoms with Crippen molar-refractivity contribution in [3.8, 4) is 17.0 Å². The molecule has 4 aromatic rings. The van der Waals surface area contributed by atoms with Gasteiger partial charge in [0.2, 0.25) is 0 Å². The van der Waals surface area contributed by atoms with Crippen molar-refractivity contribution in [2.24, 2.45) is 0 Å². The molecule has 3 aromatic carbocycles. The maximum Gasteiger partial charge on any atom is 0.268 e. The highest BCUT2D eigenvalue weighted by Crippen LogP contribution is 2.39. The number of amides is 1. The molecule has 4 nitrogen and oxygen atoms in total. The number of carbonyl (C=O) groups is 1.